The van der Waals surface area contributed by atoms with Crippen molar-refractivity contribution in [1.29, 1.82) is 0 Å². The van der Waals surface area contributed by atoms with E-state index in [4.69, 9.17) is 5.73 Å². The van der Waals surface area contributed by atoms with Crippen molar-refractivity contribution in [3.8, 4) is 0 Å². The summed E-state index contributed by atoms with van der Waals surface area (Å²) in [4.78, 5) is 17.0. The molecule has 0 atom stereocenters. The second kappa shape index (κ2) is 10.2. The summed E-state index contributed by atoms with van der Waals surface area (Å²) in [7, 11) is 0. The predicted octanol–water partition coefficient (Wildman–Crippen LogP) is 1.18. The quantitative estimate of drug-likeness (QED) is 0.430. The molecule has 8 heteroatoms. The molecule has 1 heterocycles. The average Bonchev–Trinajstić information content (AvgIpc) is 2.62. The number of aliphatic imine (C=N–C) groups is 1. The summed E-state index contributed by atoms with van der Waals surface area (Å²) in [5, 5.41) is 2.08. The van der Waals surface area contributed by atoms with Gasteiger partial charge in [-0.05, 0) is 12.8 Å². The minimum Gasteiger partial charge on any atom is -0.370 e. The lowest BCUT2D eigenvalue weighted by atomic mass is 10.2. The van der Waals surface area contributed by atoms with Crippen molar-refractivity contribution in [2.75, 3.05) is 26.2 Å². The smallest absolute Gasteiger partial charge is 0.255 e. The van der Waals surface area contributed by atoms with E-state index in [1.807, 2.05) is 4.90 Å². The molecule has 1 aliphatic rings. The monoisotopic (exact) mass is 390 g/mol. The van der Waals surface area contributed by atoms with Gasteiger partial charge >= 0.3 is 0 Å². The molecule has 0 radical (unpaired) electrons. The first-order valence-electron chi connectivity index (χ1n) is 6.19. The first kappa shape index (κ1) is 18.3. The van der Waals surface area contributed by atoms with Gasteiger partial charge in [-0.1, -0.05) is 12.8 Å². The van der Waals surface area contributed by atoms with Crippen LogP contribution in [-0.2, 0) is 4.79 Å². The molecule has 0 aromatic rings. The molecule has 1 fully saturated rings. The number of nitrogens with zero attached hydrogens (tertiary/aromatic N) is 2. The predicted molar refractivity (Wildman–Crippen MR) is 81.0 cm³/mol. The Labute approximate surface area is 129 Å². The largest absolute Gasteiger partial charge is 0.370 e. The highest BCUT2D eigenvalue weighted by atomic mass is 127. The van der Waals surface area contributed by atoms with Crippen LogP contribution in [0.3, 0.4) is 0 Å². The number of hydrogen-bond donors (Lipinski definition) is 2. The lowest BCUT2D eigenvalue weighted by Crippen LogP contribution is -2.39. The third-order valence-electron chi connectivity index (χ3n) is 2.77. The molecule has 0 spiro atoms. The number of nitrogens with two attached hydrogens (primary N) is 1. The second-order valence-electron chi connectivity index (χ2n) is 4.27. The Bertz CT molecular complexity index is 294. The lowest BCUT2D eigenvalue weighted by molar-refractivity contribution is -0.120. The van der Waals surface area contributed by atoms with Crippen molar-refractivity contribution in [3.63, 3.8) is 0 Å². The number of hydrogen-bond acceptors (Lipinski definition) is 2. The molecule has 19 heavy (non-hydrogen) atoms. The minimum atomic E-state index is -2.54. The van der Waals surface area contributed by atoms with Crippen LogP contribution in [0, 0.1) is 0 Å². The van der Waals surface area contributed by atoms with E-state index < -0.39 is 18.9 Å². The molecule has 1 rings (SSSR count). The summed E-state index contributed by atoms with van der Waals surface area (Å²) in [6, 6.07) is 0. The van der Waals surface area contributed by atoms with Gasteiger partial charge in [0.05, 0.1) is 6.54 Å². The van der Waals surface area contributed by atoms with Gasteiger partial charge in [-0.2, -0.15) is 0 Å². The lowest BCUT2D eigenvalue weighted by Gasteiger charge is -2.20. The van der Waals surface area contributed by atoms with Crippen molar-refractivity contribution >= 4 is 35.8 Å². The van der Waals surface area contributed by atoms with Crippen LogP contribution in [0.2, 0.25) is 0 Å². The molecule has 0 aromatic carbocycles. The van der Waals surface area contributed by atoms with Gasteiger partial charge in [-0.15, -0.1) is 24.0 Å². The van der Waals surface area contributed by atoms with Gasteiger partial charge in [0.1, 0.15) is 6.54 Å². The molecule has 1 aliphatic heterocycles. The van der Waals surface area contributed by atoms with E-state index in [1.165, 1.54) is 12.8 Å². The van der Waals surface area contributed by atoms with Crippen LogP contribution >= 0.6 is 24.0 Å². The SMILES string of the molecule is I.NC(=NCC(=O)NCC(F)F)N1CCCCCC1. The van der Waals surface area contributed by atoms with Crippen molar-refractivity contribution in [3.05, 3.63) is 0 Å². The minimum absolute atomic E-state index is 0. The molecule has 0 bridgehead atoms. The zero-order valence-corrected chi connectivity index (χ0v) is 13.1. The van der Waals surface area contributed by atoms with E-state index in [0.29, 0.717) is 5.96 Å². The Balaban J connectivity index is 0.00000324. The fourth-order valence-electron chi connectivity index (χ4n) is 1.80. The zero-order chi connectivity index (χ0) is 13.4. The maximum atomic E-state index is 11.8. The number of amides is 1. The van der Waals surface area contributed by atoms with E-state index in [-0.39, 0.29) is 30.5 Å². The summed E-state index contributed by atoms with van der Waals surface area (Å²) in [5.41, 5.74) is 5.77. The van der Waals surface area contributed by atoms with Crippen LogP contribution < -0.4 is 11.1 Å². The molecular formula is C11H21F2IN4O. The maximum absolute atomic E-state index is 11.8. The molecule has 0 aromatic heterocycles. The first-order chi connectivity index (χ1) is 8.59. The third-order valence-corrected chi connectivity index (χ3v) is 2.77. The Morgan fingerprint density at radius 3 is 2.37 bits per heavy atom. The molecule has 0 aliphatic carbocycles. The number of halogens is 3. The molecule has 112 valence electrons. The van der Waals surface area contributed by atoms with E-state index >= 15 is 0 Å². The number of alkyl halides is 2. The van der Waals surface area contributed by atoms with Crippen LogP contribution in [-0.4, -0.2) is 49.4 Å². The summed E-state index contributed by atoms with van der Waals surface area (Å²) >= 11 is 0. The van der Waals surface area contributed by atoms with Gasteiger partial charge in [0, 0.05) is 13.1 Å². The maximum Gasteiger partial charge on any atom is 0.255 e. The molecule has 1 amide bonds. The van der Waals surface area contributed by atoms with Crippen molar-refractivity contribution in [2.45, 2.75) is 32.1 Å². The van der Waals surface area contributed by atoms with Crippen molar-refractivity contribution < 1.29 is 13.6 Å². The average molecular weight is 390 g/mol. The van der Waals surface area contributed by atoms with Gasteiger partial charge in [0.15, 0.2) is 5.96 Å². The number of guanidine groups is 1. The van der Waals surface area contributed by atoms with E-state index in [2.05, 4.69) is 10.3 Å². The molecule has 0 unspecified atom stereocenters. The zero-order valence-electron chi connectivity index (χ0n) is 10.8. The van der Waals surface area contributed by atoms with E-state index in [0.717, 1.165) is 25.9 Å². The van der Waals surface area contributed by atoms with Gasteiger partial charge in [0.2, 0.25) is 5.91 Å². The molecule has 0 saturated carbocycles. The number of nitrogens with one attached hydrogen (secondary N) is 1. The van der Waals surface area contributed by atoms with E-state index in [1.54, 1.807) is 0 Å². The molecular weight excluding hydrogens is 369 g/mol. The molecule has 5 nitrogen and oxygen atoms in total. The summed E-state index contributed by atoms with van der Waals surface area (Å²) in [6.07, 6.45) is 1.94. The Hall–Kier alpha value is -0.670. The van der Waals surface area contributed by atoms with Crippen LogP contribution in [0.15, 0.2) is 4.99 Å². The topological polar surface area (TPSA) is 70.7 Å². The van der Waals surface area contributed by atoms with Crippen LogP contribution in [0.4, 0.5) is 8.78 Å². The van der Waals surface area contributed by atoms with Gasteiger partial charge in [0.25, 0.3) is 6.43 Å². The van der Waals surface area contributed by atoms with Gasteiger partial charge < -0.3 is 16.0 Å². The Morgan fingerprint density at radius 1 is 1.26 bits per heavy atom. The first-order valence-corrected chi connectivity index (χ1v) is 6.19. The normalized spacial score (nSPS) is 16.8. The number of carbonyl (C=O) groups excluding carboxylic acids is 1. The Morgan fingerprint density at radius 2 is 1.84 bits per heavy atom. The van der Waals surface area contributed by atoms with Crippen LogP contribution in [0.1, 0.15) is 25.7 Å². The number of carbonyl (C=O) groups is 1. The molecule has 3 N–H and O–H groups in total. The summed E-state index contributed by atoms with van der Waals surface area (Å²) < 4.78 is 23.7. The third kappa shape index (κ3) is 8.17. The summed E-state index contributed by atoms with van der Waals surface area (Å²) in [6.45, 7) is 0.842. The highest BCUT2D eigenvalue weighted by Gasteiger charge is 2.11. The van der Waals surface area contributed by atoms with Crippen LogP contribution in [0.25, 0.3) is 0 Å². The fraction of sp³-hybridized carbons (Fsp3) is 0.818. The highest BCUT2D eigenvalue weighted by molar-refractivity contribution is 14.0. The molecule has 1 saturated heterocycles. The van der Waals surface area contributed by atoms with Crippen molar-refractivity contribution in [1.82, 2.24) is 10.2 Å². The number of likely N-dealkylation sites (tertiary alicyclic amines) is 1. The fourth-order valence-corrected chi connectivity index (χ4v) is 1.80. The summed E-state index contributed by atoms with van der Waals surface area (Å²) in [5.74, 6) is -0.211. The van der Waals surface area contributed by atoms with E-state index in [9.17, 15) is 13.6 Å². The van der Waals surface area contributed by atoms with Gasteiger partial charge in [-0.3, -0.25) is 4.79 Å². The van der Waals surface area contributed by atoms with Crippen LogP contribution in [0.5, 0.6) is 0 Å². The highest BCUT2D eigenvalue weighted by Crippen LogP contribution is 2.08. The Kier molecular flexibility index (Phi) is 9.80. The van der Waals surface area contributed by atoms with Gasteiger partial charge in [-0.25, -0.2) is 13.8 Å². The standard InChI is InChI=1S/C11H20F2N4O.HI/c12-9(13)7-15-10(18)8-16-11(14)17-5-3-1-2-4-6-17;/h9H,1-8H2,(H2,14,16)(H,15,18);1H. The number of rotatable bonds is 4. The second-order valence-corrected chi connectivity index (χ2v) is 4.27. The van der Waals surface area contributed by atoms with Crippen molar-refractivity contribution in [2.24, 2.45) is 10.7 Å².